The summed E-state index contributed by atoms with van der Waals surface area (Å²) >= 11 is 0. The predicted octanol–water partition coefficient (Wildman–Crippen LogP) is 18.8. The molecule has 0 fully saturated rings. The molecule has 0 radical (unpaired) electrons. The lowest BCUT2D eigenvalue weighted by molar-refractivity contribution is 0.304. The molecule has 4 aromatic carbocycles. The van der Waals surface area contributed by atoms with Crippen molar-refractivity contribution in [3.63, 3.8) is 0 Å². The van der Waals surface area contributed by atoms with E-state index in [9.17, 15) is 0 Å². The van der Waals surface area contributed by atoms with Gasteiger partial charge in [0, 0.05) is 97.1 Å². The van der Waals surface area contributed by atoms with Crippen LogP contribution < -0.4 is 18.9 Å². The van der Waals surface area contributed by atoms with Crippen LogP contribution in [0.5, 0.6) is 23.0 Å². The maximum atomic E-state index is 6.30. The molecule has 0 saturated carbocycles. The van der Waals surface area contributed by atoms with Crippen molar-refractivity contribution in [2.45, 2.75) is 156 Å². The zero-order chi connectivity index (χ0) is 55.1. The Morgan fingerprint density at radius 3 is 0.575 bits per heavy atom. The molecule has 8 bridgehead atoms. The predicted molar refractivity (Wildman–Crippen MR) is 328 cm³/mol. The molecule has 8 aromatic rings. The maximum Gasteiger partial charge on any atom is 0.134 e. The van der Waals surface area contributed by atoms with Gasteiger partial charge in [-0.05, 0) is 25.7 Å². The lowest BCUT2D eigenvalue weighted by Crippen LogP contribution is -2.12. The molecule has 8 nitrogen and oxygen atoms in total. The number of unbranched alkanes of at least 4 members (excludes halogenated alkanes) is 16. The Labute approximate surface area is 479 Å². The monoisotopic (exact) mass is 1070 g/mol. The molecule has 0 aliphatic carbocycles. The zero-order valence-corrected chi connectivity index (χ0v) is 48.5. The highest BCUT2D eigenvalue weighted by Crippen LogP contribution is 2.41. The van der Waals surface area contributed by atoms with Crippen LogP contribution in [0.3, 0.4) is 0 Å². The van der Waals surface area contributed by atoms with E-state index in [1.165, 1.54) is 103 Å². The lowest BCUT2D eigenvalue weighted by Gasteiger charge is -2.14. The molecule has 0 spiro atoms. The first kappa shape index (κ1) is 57.4. The van der Waals surface area contributed by atoms with Gasteiger partial charge in [-0.2, -0.15) is 0 Å². The second-order valence-corrected chi connectivity index (χ2v) is 21.8. The molecule has 0 unspecified atom stereocenters. The molecule has 0 amide bonds. The topological polar surface area (TPSA) is 100 Å². The molecule has 1 aliphatic heterocycles. The van der Waals surface area contributed by atoms with Crippen LogP contribution in [0.1, 0.15) is 224 Å². The van der Waals surface area contributed by atoms with E-state index >= 15 is 0 Å². The summed E-state index contributed by atoms with van der Waals surface area (Å²) in [6, 6.07) is 52.3. The second-order valence-electron chi connectivity index (χ2n) is 21.8. The third-order valence-corrected chi connectivity index (χ3v) is 15.5. The van der Waals surface area contributed by atoms with Crippen LogP contribution in [0, 0.1) is 23.7 Å². The fourth-order valence-electron chi connectivity index (χ4n) is 11.0. The van der Waals surface area contributed by atoms with E-state index in [1.807, 2.05) is 0 Å². The lowest BCUT2D eigenvalue weighted by atomic mass is 9.92. The molecule has 1 aliphatic rings. The van der Waals surface area contributed by atoms with Gasteiger partial charge in [0.25, 0.3) is 0 Å². The number of benzene rings is 4. The third-order valence-electron chi connectivity index (χ3n) is 15.5. The van der Waals surface area contributed by atoms with Crippen LogP contribution in [0.4, 0.5) is 0 Å². The number of aromatic amines is 4. The quantitative estimate of drug-likeness (QED) is 0.0249. The fraction of sp³-hybridized carbons (Fsp3) is 0.389. The molecular weight excluding hydrogens is 985 g/mol. The van der Waals surface area contributed by atoms with Gasteiger partial charge in [-0.15, -0.1) is 0 Å². The van der Waals surface area contributed by atoms with Crippen molar-refractivity contribution >= 4 is 0 Å². The van der Waals surface area contributed by atoms with E-state index in [4.69, 9.17) is 18.9 Å². The number of rotatable bonds is 32. The maximum absolute atomic E-state index is 6.30. The molecule has 0 atom stereocenters. The Morgan fingerprint density at radius 1 is 0.225 bits per heavy atom. The summed E-state index contributed by atoms with van der Waals surface area (Å²) in [5, 5.41) is 0. The Bertz CT molecular complexity index is 2500. The summed E-state index contributed by atoms with van der Waals surface area (Å²) in [4.78, 5) is 15.9. The van der Waals surface area contributed by atoms with Gasteiger partial charge in [0.1, 0.15) is 92.2 Å². The largest absolute Gasteiger partial charge is 0.492 e. The molecule has 8 heteroatoms. The van der Waals surface area contributed by atoms with Crippen molar-refractivity contribution in [1.29, 1.82) is 0 Å². The highest BCUT2D eigenvalue weighted by atomic mass is 16.5. The van der Waals surface area contributed by atoms with Crippen molar-refractivity contribution in [3.8, 4) is 23.0 Å². The van der Waals surface area contributed by atoms with E-state index < -0.39 is 0 Å². The smallest absolute Gasteiger partial charge is 0.134 e. The minimum atomic E-state index is 0.718. The number of H-pyrrole nitrogens is 4. The number of nitrogens with one attached hydrogen (secondary N) is 4. The number of hydrogen-bond acceptors (Lipinski definition) is 4. The van der Waals surface area contributed by atoms with E-state index in [0.29, 0.717) is 0 Å². The van der Waals surface area contributed by atoms with Crippen molar-refractivity contribution in [1.82, 2.24) is 19.9 Å². The van der Waals surface area contributed by atoms with Gasteiger partial charge in [-0.1, -0.05) is 130 Å². The number of aromatic nitrogens is 4. The first-order chi connectivity index (χ1) is 39.5. The van der Waals surface area contributed by atoms with Crippen LogP contribution in [0.2, 0.25) is 0 Å². The van der Waals surface area contributed by atoms with Gasteiger partial charge in [0.05, 0.1) is 97.2 Å². The number of ether oxygens (including phenoxy) is 4. The van der Waals surface area contributed by atoms with Crippen molar-refractivity contribution in [2.24, 2.45) is 0 Å². The minimum Gasteiger partial charge on any atom is -0.492 e. The van der Waals surface area contributed by atoms with Crippen LogP contribution in [0.15, 0.2) is 146 Å². The first-order valence-electron chi connectivity index (χ1n) is 30.7. The Balaban J connectivity index is 1.10. The van der Waals surface area contributed by atoms with Gasteiger partial charge in [0.2, 0.25) is 0 Å². The van der Waals surface area contributed by atoms with Gasteiger partial charge in [-0.3, -0.25) is 0 Å². The Kier molecular flexibility index (Phi) is 21.7. The zero-order valence-electron chi connectivity index (χ0n) is 48.5. The Hall–Kier alpha value is -7.32. The summed E-state index contributed by atoms with van der Waals surface area (Å²) in [6.07, 6.45) is 24.0. The number of fused-ring (bicyclic) bond motifs is 8. The van der Waals surface area contributed by atoms with Crippen molar-refractivity contribution in [3.05, 3.63) is 237 Å². The molecule has 9 rings (SSSR count). The van der Waals surface area contributed by atoms with E-state index in [0.717, 1.165) is 167 Å². The third kappa shape index (κ3) is 15.5. The fourth-order valence-corrected chi connectivity index (χ4v) is 11.0. The van der Waals surface area contributed by atoms with Gasteiger partial charge in [0.15, 0.2) is 0 Å². The van der Waals surface area contributed by atoms with E-state index in [-0.39, 0.29) is 0 Å². The normalized spacial score (nSPS) is 12.3. The van der Waals surface area contributed by atoms with Gasteiger partial charge >= 0.3 is 0 Å². The average Bonchev–Trinajstić information content (AvgIpc) is 4.37. The molecule has 416 valence electrons. The molecule has 0 saturated heterocycles. The Morgan fingerprint density at radius 2 is 0.400 bits per heavy atom. The van der Waals surface area contributed by atoms with Crippen molar-refractivity contribution in [2.75, 3.05) is 26.4 Å². The average molecular weight is 1070 g/mol. The highest BCUT2D eigenvalue weighted by molar-refractivity contribution is 5.64. The molecule has 80 heavy (non-hydrogen) atoms. The first-order valence-corrected chi connectivity index (χ1v) is 30.7. The van der Waals surface area contributed by atoms with E-state index in [1.54, 1.807) is 0 Å². The molecule has 4 aromatic heterocycles. The second kappa shape index (κ2) is 30.3. The van der Waals surface area contributed by atoms with Gasteiger partial charge < -0.3 is 38.9 Å². The summed E-state index contributed by atoms with van der Waals surface area (Å²) in [6.45, 7) is 11.9. The van der Waals surface area contributed by atoms with Crippen LogP contribution in [-0.4, -0.2) is 46.4 Å². The highest BCUT2D eigenvalue weighted by Gasteiger charge is 2.38. The van der Waals surface area contributed by atoms with Gasteiger partial charge in [-0.25, -0.2) is 0 Å². The minimum absolute atomic E-state index is 0.718. The van der Waals surface area contributed by atoms with E-state index in [2.05, 4.69) is 193 Å². The molecule has 5 heterocycles. The van der Waals surface area contributed by atoms with Crippen LogP contribution in [0.25, 0.3) is 0 Å². The molecular formula is C72H88N4O4+4. The molecule has 4 N–H and O–H groups in total. The van der Waals surface area contributed by atoms with Crippen LogP contribution >= 0.6 is 0 Å². The van der Waals surface area contributed by atoms with Crippen LogP contribution in [-0.2, 0) is 0 Å². The van der Waals surface area contributed by atoms with Crippen molar-refractivity contribution < 1.29 is 18.9 Å². The summed E-state index contributed by atoms with van der Waals surface area (Å²) < 4.78 is 25.2. The summed E-state index contributed by atoms with van der Waals surface area (Å²) in [5.41, 5.74) is 12.2. The number of hydrogen-bond donors (Lipinski definition) is 4. The summed E-state index contributed by atoms with van der Waals surface area (Å²) in [5.74, 6) is 7.77. The standard InChI is InChI=1S/C72H88N4O4/c1-5-9-13-17-21-49-77-57-33-25-53(26-34-57)69-61-41-43-63(73-61)70(54-27-35-58(36-28-54)78-50-22-18-14-10-6-2)65-45-47-67(75-65)72(56-31-39-60(40-32-56)80-52-24-20-16-12-8-4)68-48-46-66(76-68)71(64-44-42-62(69)74-64)55-29-37-59(38-30-55)79-51-23-19-15-11-7-3/h25-48,73-76H,5-24,49-52H2,1-4H3/q+4. The SMILES string of the molecule is CCCCCCCOc1ccc([C+]2c3ccc([nH]3)[C+](c3ccc(OCCCCCCC)cc3)c3ccc([nH]3)[C+](c3ccc(OCCCCCCC)cc3)c3ccc([nH]3)[C+](c3ccc(OCCCCCCC)cc3)c3ccc2[nH]3)cc1. The summed E-state index contributed by atoms with van der Waals surface area (Å²) in [7, 11) is 0.